The molecular weight excluding hydrogens is 439 g/mol. The number of hydrogen-bond acceptors (Lipinski definition) is 8. The molecule has 0 N–H and O–H groups in total. The van der Waals surface area contributed by atoms with Crippen LogP contribution in [0.2, 0.25) is 0 Å². The normalized spacial score (nSPS) is 10.1. The summed E-state index contributed by atoms with van der Waals surface area (Å²) in [5.41, 5.74) is 2.93. The van der Waals surface area contributed by atoms with Gasteiger partial charge in [0, 0.05) is 16.7 Å². The van der Waals surface area contributed by atoms with E-state index >= 15 is 0 Å². The van der Waals surface area contributed by atoms with Crippen molar-refractivity contribution in [3.05, 3.63) is 77.1 Å². The van der Waals surface area contributed by atoms with Gasteiger partial charge in [-0.1, -0.05) is 12.1 Å². The molecule has 0 atom stereocenters. The van der Waals surface area contributed by atoms with Crippen LogP contribution in [0.25, 0.3) is 21.7 Å². The van der Waals surface area contributed by atoms with Crippen LogP contribution in [0.1, 0.15) is 21.5 Å². The molecule has 32 heavy (non-hydrogen) atoms. The summed E-state index contributed by atoms with van der Waals surface area (Å²) in [4.78, 5) is 16.7. The van der Waals surface area contributed by atoms with Gasteiger partial charge in [-0.05, 0) is 41.3 Å². The molecule has 3 heterocycles. The number of methoxy groups -OCH3 is 1. The number of rotatable bonds is 7. The summed E-state index contributed by atoms with van der Waals surface area (Å²) in [6.45, 7) is 0.0596. The van der Waals surface area contributed by atoms with E-state index in [1.54, 1.807) is 24.5 Å². The Balaban J connectivity index is 0.00000289. The Morgan fingerprint density at radius 2 is 2.12 bits per heavy atom. The summed E-state index contributed by atoms with van der Waals surface area (Å²) in [6.07, 6.45) is 3.09. The van der Waals surface area contributed by atoms with Crippen LogP contribution in [-0.2, 0) is 6.61 Å². The SMILES string of the molecule is COc1cc(COc2nc(-c3cccs3)cc(-c3ccoc3)c2C#N)ccc1C(=O)[O-].[Na+]. The van der Waals surface area contributed by atoms with E-state index in [0.717, 1.165) is 10.4 Å². The van der Waals surface area contributed by atoms with Crippen molar-refractivity contribution in [3.63, 3.8) is 0 Å². The van der Waals surface area contributed by atoms with E-state index in [1.807, 2.05) is 23.6 Å². The first-order valence-corrected chi connectivity index (χ1v) is 10.0. The van der Waals surface area contributed by atoms with Gasteiger partial charge >= 0.3 is 29.6 Å². The number of carbonyl (C=O) groups is 1. The van der Waals surface area contributed by atoms with Gasteiger partial charge in [-0.3, -0.25) is 0 Å². The maximum atomic E-state index is 11.2. The van der Waals surface area contributed by atoms with Crippen molar-refractivity contribution in [1.82, 2.24) is 4.98 Å². The van der Waals surface area contributed by atoms with Crippen LogP contribution in [0.3, 0.4) is 0 Å². The molecule has 0 saturated carbocycles. The van der Waals surface area contributed by atoms with Crippen molar-refractivity contribution in [3.8, 4) is 39.4 Å². The van der Waals surface area contributed by atoms with Gasteiger partial charge in [0.15, 0.2) is 0 Å². The number of pyridine rings is 1. The fraction of sp³-hybridized carbons (Fsp3) is 0.0870. The van der Waals surface area contributed by atoms with Crippen LogP contribution in [-0.4, -0.2) is 18.1 Å². The van der Waals surface area contributed by atoms with Gasteiger partial charge < -0.3 is 23.8 Å². The Morgan fingerprint density at radius 3 is 2.75 bits per heavy atom. The Hall–Kier alpha value is -3.09. The van der Waals surface area contributed by atoms with Crippen molar-refractivity contribution in [1.29, 1.82) is 5.26 Å². The van der Waals surface area contributed by atoms with E-state index in [-0.39, 0.29) is 58.9 Å². The Kier molecular flexibility index (Phi) is 7.72. The Labute approximate surface area is 210 Å². The largest absolute Gasteiger partial charge is 1.00 e. The van der Waals surface area contributed by atoms with Crippen molar-refractivity contribution >= 4 is 17.3 Å². The molecule has 0 aliphatic heterocycles. The predicted octanol–water partition coefficient (Wildman–Crippen LogP) is 0.897. The summed E-state index contributed by atoms with van der Waals surface area (Å²) in [6, 6.07) is 14.2. The average molecular weight is 454 g/mol. The van der Waals surface area contributed by atoms with Crippen molar-refractivity contribution in [2.24, 2.45) is 0 Å². The second-order valence-electron chi connectivity index (χ2n) is 6.45. The van der Waals surface area contributed by atoms with E-state index in [0.29, 0.717) is 16.8 Å². The first kappa shape index (κ1) is 23.6. The Bertz CT molecular complexity index is 1260. The number of furan rings is 1. The minimum atomic E-state index is -1.33. The molecule has 1 aromatic carbocycles. The van der Waals surface area contributed by atoms with Crippen molar-refractivity contribution in [2.75, 3.05) is 7.11 Å². The fourth-order valence-corrected chi connectivity index (χ4v) is 3.76. The Morgan fingerprint density at radius 1 is 1.28 bits per heavy atom. The number of hydrogen-bond donors (Lipinski definition) is 0. The van der Waals surface area contributed by atoms with Gasteiger partial charge in [0.2, 0.25) is 5.88 Å². The van der Waals surface area contributed by atoms with E-state index in [1.165, 1.54) is 30.8 Å². The molecule has 4 rings (SSSR count). The standard InChI is InChI=1S/C23H16N2O5S.Na/c1-28-20-9-14(4-5-16(20)23(26)27)12-30-22-18(11-24)17(15-6-7-29-13-15)10-19(25-22)21-3-2-8-31-21;/h2-10,13H,12H2,1H3,(H,26,27);/q;+1/p-1. The number of nitrogens with zero attached hydrogens (tertiary/aromatic N) is 2. The zero-order chi connectivity index (χ0) is 21.8. The minimum absolute atomic E-state index is 0. The number of aromatic carboxylic acids is 1. The van der Waals surface area contributed by atoms with Crippen molar-refractivity contribution in [2.45, 2.75) is 6.61 Å². The second-order valence-corrected chi connectivity index (χ2v) is 7.39. The van der Waals surface area contributed by atoms with Gasteiger partial charge in [-0.25, -0.2) is 4.98 Å². The quantitative estimate of drug-likeness (QED) is 0.382. The molecule has 0 saturated heterocycles. The summed E-state index contributed by atoms with van der Waals surface area (Å²) in [5.74, 6) is -0.986. The molecule has 0 unspecified atom stereocenters. The van der Waals surface area contributed by atoms with Crippen LogP contribution < -0.4 is 44.1 Å². The number of carboxylic acid groups (broad SMARTS) is 1. The molecular formula is C23H15N2NaO5S. The molecule has 0 amide bonds. The maximum Gasteiger partial charge on any atom is 1.00 e. The fourth-order valence-electron chi connectivity index (χ4n) is 3.08. The zero-order valence-electron chi connectivity index (χ0n) is 17.3. The zero-order valence-corrected chi connectivity index (χ0v) is 20.1. The van der Waals surface area contributed by atoms with Gasteiger partial charge in [0.25, 0.3) is 0 Å². The number of nitriles is 1. The molecule has 0 aliphatic rings. The van der Waals surface area contributed by atoms with E-state index in [2.05, 4.69) is 11.1 Å². The number of thiophene rings is 1. The van der Waals surface area contributed by atoms with Gasteiger partial charge in [0.05, 0.1) is 36.2 Å². The van der Waals surface area contributed by atoms with E-state index in [9.17, 15) is 15.2 Å². The molecule has 0 radical (unpaired) electrons. The van der Waals surface area contributed by atoms with Crippen LogP contribution in [0.5, 0.6) is 11.6 Å². The number of carboxylic acids is 1. The number of ether oxygens (including phenoxy) is 2. The molecule has 4 aromatic rings. The van der Waals surface area contributed by atoms with E-state index in [4.69, 9.17) is 13.9 Å². The third-order valence-corrected chi connectivity index (χ3v) is 5.46. The molecule has 0 aliphatic carbocycles. The third-order valence-electron chi connectivity index (χ3n) is 4.57. The van der Waals surface area contributed by atoms with Gasteiger partial charge in [0.1, 0.15) is 24.0 Å². The molecule has 7 nitrogen and oxygen atoms in total. The third kappa shape index (κ3) is 4.87. The molecule has 0 bridgehead atoms. The van der Waals surface area contributed by atoms with Gasteiger partial charge in [-0.2, -0.15) is 5.26 Å². The van der Waals surface area contributed by atoms with Crippen LogP contribution in [0, 0.1) is 11.3 Å². The van der Waals surface area contributed by atoms with E-state index < -0.39 is 5.97 Å². The summed E-state index contributed by atoms with van der Waals surface area (Å²) >= 11 is 1.53. The second kappa shape index (κ2) is 10.5. The number of aromatic nitrogens is 1. The summed E-state index contributed by atoms with van der Waals surface area (Å²) < 4.78 is 16.2. The molecule has 154 valence electrons. The molecule has 3 aromatic heterocycles. The smallest absolute Gasteiger partial charge is 0.545 e. The van der Waals surface area contributed by atoms with Crippen molar-refractivity contribution < 1.29 is 53.3 Å². The number of carbonyl (C=O) groups excluding carboxylic acids is 1. The molecule has 9 heteroatoms. The predicted molar refractivity (Wildman–Crippen MR) is 112 cm³/mol. The van der Waals surface area contributed by atoms with Gasteiger partial charge in [-0.15, -0.1) is 11.3 Å². The number of benzene rings is 1. The molecule has 0 fully saturated rings. The summed E-state index contributed by atoms with van der Waals surface area (Å²) in [5, 5.41) is 22.9. The summed E-state index contributed by atoms with van der Waals surface area (Å²) in [7, 11) is 1.38. The molecule has 0 spiro atoms. The first-order chi connectivity index (χ1) is 15.1. The average Bonchev–Trinajstić information content (AvgIpc) is 3.51. The minimum Gasteiger partial charge on any atom is -0.545 e. The monoisotopic (exact) mass is 454 g/mol. The van der Waals surface area contributed by atoms with Crippen LogP contribution >= 0.6 is 11.3 Å². The van der Waals surface area contributed by atoms with Crippen LogP contribution in [0.4, 0.5) is 0 Å². The van der Waals surface area contributed by atoms with Crippen LogP contribution in [0.15, 0.2) is 64.8 Å². The maximum absolute atomic E-state index is 11.2. The first-order valence-electron chi connectivity index (χ1n) is 9.13. The topological polar surface area (TPSA) is 108 Å².